The highest BCUT2D eigenvalue weighted by atomic mass is 32.1. The van der Waals surface area contributed by atoms with Crippen molar-refractivity contribution in [1.82, 2.24) is 14.5 Å². The molecule has 164 valence electrons. The maximum atomic E-state index is 12.9. The predicted octanol–water partition coefficient (Wildman–Crippen LogP) is 4.12. The van der Waals surface area contributed by atoms with E-state index in [0.29, 0.717) is 11.9 Å². The summed E-state index contributed by atoms with van der Waals surface area (Å²) in [6, 6.07) is 16.1. The van der Waals surface area contributed by atoms with Crippen molar-refractivity contribution in [2.45, 2.75) is 19.0 Å². The number of rotatable bonds is 6. The Kier molecular flexibility index (Phi) is 5.68. The molecule has 1 aliphatic heterocycles. The summed E-state index contributed by atoms with van der Waals surface area (Å²) in [4.78, 5) is 21.1. The van der Waals surface area contributed by atoms with Crippen LogP contribution in [0.3, 0.4) is 0 Å². The number of thiophene rings is 1. The predicted molar refractivity (Wildman–Crippen MR) is 127 cm³/mol. The van der Waals surface area contributed by atoms with Crippen LogP contribution in [-0.2, 0) is 13.0 Å². The highest BCUT2D eigenvalue weighted by Gasteiger charge is 2.31. The number of ether oxygens (including phenoxy) is 2. The lowest BCUT2D eigenvalue weighted by Gasteiger charge is -2.37. The molecule has 4 aromatic rings. The van der Waals surface area contributed by atoms with E-state index in [1.54, 1.807) is 36.5 Å². The van der Waals surface area contributed by atoms with Gasteiger partial charge in [-0.15, -0.1) is 11.3 Å². The number of methoxy groups -OCH3 is 2. The van der Waals surface area contributed by atoms with Gasteiger partial charge in [0.15, 0.2) is 11.5 Å². The van der Waals surface area contributed by atoms with Crippen molar-refractivity contribution in [2.24, 2.45) is 0 Å². The number of hydrogen-bond acceptors (Lipinski definition) is 6. The van der Waals surface area contributed by atoms with E-state index in [2.05, 4.69) is 39.5 Å². The summed E-state index contributed by atoms with van der Waals surface area (Å²) in [6.45, 7) is 2.23. The minimum Gasteiger partial charge on any atom is -0.493 e. The second-order valence-corrected chi connectivity index (χ2v) is 8.85. The van der Waals surface area contributed by atoms with Gasteiger partial charge in [-0.2, -0.15) is 0 Å². The molecule has 1 unspecified atom stereocenters. The fourth-order valence-electron chi connectivity index (χ4n) is 4.52. The summed E-state index contributed by atoms with van der Waals surface area (Å²) in [5.41, 5.74) is 3.26. The van der Waals surface area contributed by atoms with Crippen LogP contribution in [0.15, 0.2) is 65.0 Å². The Morgan fingerprint density at radius 3 is 2.66 bits per heavy atom. The van der Waals surface area contributed by atoms with Gasteiger partial charge < -0.3 is 9.47 Å². The summed E-state index contributed by atoms with van der Waals surface area (Å²) < 4.78 is 12.8. The first-order valence-corrected chi connectivity index (χ1v) is 11.5. The zero-order chi connectivity index (χ0) is 22.1. The first-order chi connectivity index (χ1) is 15.7. The molecule has 0 N–H and O–H groups in total. The van der Waals surface area contributed by atoms with Gasteiger partial charge >= 0.3 is 0 Å². The molecule has 0 spiro atoms. The lowest BCUT2D eigenvalue weighted by Crippen LogP contribution is -2.39. The molecule has 1 aliphatic rings. The summed E-state index contributed by atoms with van der Waals surface area (Å²) in [7, 11) is 3.34. The molecule has 32 heavy (non-hydrogen) atoms. The Labute approximate surface area is 190 Å². The van der Waals surface area contributed by atoms with E-state index in [-0.39, 0.29) is 11.6 Å². The van der Waals surface area contributed by atoms with E-state index in [0.717, 1.165) is 36.5 Å². The van der Waals surface area contributed by atoms with E-state index >= 15 is 0 Å². The van der Waals surface area contributed by atoms with Crippen LogP contribution < -0.4 is 15.0 Å². The minimum absolute atomic E-state index is 0.00656. The molecule has 6 nitrogen and oxygen atoms in total. The van der Waals surface area contributed by atoms with Crippen molar-refractivity contribution in [2.75, 3.05) is 27.3 Å². The van der Waals surface area contributed by atoms with E-state index in [4.69, 9.17) is 9.47 Å². The minimum atomic E-state index is 0.00656. The molecule has 7 heteroatoms. The van der Waals surface area contributed by atoms with Gasteiger partial charge in [-0.1, -0.05) is 18.2 Å². The second-order valence-electron chi connectivity index (χ2n) is 7.87. The number of aromatic nitrogens is 2. The standard InChI is InChI=1S/C25H25N3O3S/c1-30-21-14-17-9-10-27(24(23-8-5-13-32-23)19(17)15-22(21)31-2)11-12-28-16-26-20-7-4-3-6-18(20)25(28)29/h3-8,13-16,24H,9-12H2,1-2H3. The third-order valence-corrected chi connectivity index (χ3v) is 7.07. The number of nitrogens with zero attached hydrogens (tertiary/aromatic N) is 3. The quantitative estimate of drug-likeness (QED) is 0.445. The van der Waals surface area contributed by atoms with E-state index < -0.39 is 0 Å². The molecular formula is C25H25N3O3S. The number of hydrogen-bond donors (Lipinski definition) is 0. The van der Waals surface area contributed by atoms with Gasteiger partial charge in [0.1, 0.15) is 0 Å². The molecule has 1 atom stereocenters. The first kappa shape index (κ1) is 20.7. The molecule has 0 amide bonds. The summed E-state index contributed by atoms with van der Waals surface area (Å²) >= 11 is 1.75. The van der Waals surface area contributed by atoms with Crippen molar-refractivity contribution in [3.8, 4) is 11.5 Å². The molecule has 2 aromatic heterocycles. The van der Waals surface area contributed by atoms with Gasteiger partial charge in [0.2, 0.25) is 0 Å². The van der Waals surface area contributed by atoms with Crippen LogP contribution in [0.25, 0.3) is 10.9 Å². The Morgan fingerprint density at radius 1 is 1.06 bits per heavy atom. The topological polar surface area (TPSA) is 56.6 Å². The van der Waals surface area contributed by atoms with Gasteiger partial charge in [0, 0.05) is 24.5 Å². The van der Waals surface area contributed by atoms with Gasteiger partial charge in [-0.3, -0.25) is 14.3 Å². The van der Waals surface area contributed by atoms with Crippen LogP contribution in [0.4, 0.5) is 0 Å². The van der Waals surface area contributed by atoms with Crippen molar-refractivity contribution in [3.05, 3.63) is 86.6 Å². The Hall–Kier alpha value is -3.16. The van der Waals surface area contributed by atoms with Gasteiger partial charge in [-0.05, 0) is 53.3 Å². The van der Waals surface area contributed by atoms with Crippen LogP contribution in [-0.4, -0.2) is 41.8 Å². The van der Waals surface area contributed by atoms with Crippen molar-refractivity contribution in [3.63, 3.8) is 0 Å². The van der Waals surface area contributed by atoms with Crippen molar-refractivity contribution in [1.29, 1.82) is 0 Å². The summed E-state index contributed by atoms with van der Waals surface area (Å²) in [5.74, 6) is 1.50. The highest BCUT2D eigenvalue weighted by Crippen LogP contribution is 2.42. The Bertz CT molecular complexity index is 1300. The van der Waals surface area contributed by atoms with Crippen molar-refractivity contribution < 1.29 is 9.47 Å². The SMILES string of the molecule is COc1cc2c(cc1OC)C(c1cccs1)N(CCn1cnc3ccccc3c1=O)CC2. The van der Waals surface area contributed by atoms with E-state index in [1.807, 2.05) is 24.3 Å². The van der Waals surface area contributed by atoms with Crippen LogP contribution in [0.2, 0.25) is 0 Å². The van der Waals surface area contributed by atoms with Gasteiger partial charge in [0.25, 0.3) is 5.56 Å². The van der Waals surface area contributed by atoms with Crippen LogP contribution in [0.5, 0.6) is 11.5 Å². The zero-order valence-corrected chi connectivity index (χ0v) is 19.0. The highest BCUT2D eigenvalue weighted by molar-refractivity contribution is 7.10. The summed E-state index contributed by atoms with van der Waals surface area (Å²) in [6.07, 6.45) is 2.58. The number of para-hydroxylation sites is 1. The van der Waals surface area contributed by atoms with E-state index in [1.165, 1.54) is 16.0 Å². The average Bonchev–Trinajstić information content (AvgIpc) is 3.37. The molecule has 0 bridgehead atoms. The fourth-order valence-corrected chi connectivity index (χ4v) is 5.40. The van der Waals surface area contributed by atoms with Crippen LogP contribution in [0, 0.1) is 0 Å². The van der Waals surface area contributed by atoms with Crippen molar-refractivity contribution >= 4 is 22.2 Å². The second kappa shape index (κ2) is 8.76. The van der Waals surface area contributed by atoms with E-state index in [9.17, 15) is 4.79 Å². The molecule has 0 saturated heterocycles. The average molecular weight is 448 g/mol. The smallest absolute Gasteiger partial charge is 0.261 e. The third kappa shape index (κ3) is 3.67. The summed E-state index contributed by atoms with van der Waals surface area (Å²) in [5, 5.41) is 2.77. The molecular weight excluding hydrogens is 422 g/mol. The van der Waals surface area contributed by atoms with Gasteiger partial charge in [-0.25, -0.2) is 4.98 Å². The lowest BCUT2D eigenvalue weighted by atomic mass is 9.91. The number of benzene rings is 2. The normalized spacial score (nSPS) is 16.1. The first-order valence-electron chi connectivity index (χ1n) is 10.7. The monoisotopic (exact) mass is 447 g/mol. The fraction of sp³-hybridized carbons (Fsp3) is 0.280. The number of fused-ring (bicyclic) bond motifs is 2. The Balaban J connectivity index is 1.48. The van der Waals surface area contributed by atoms with Crippen LogP contribution >= 0.6 is 11.3 Å². The third-order valence-electron chi connectivity index (χ3n) is 6.15. The maximum Gasteiger partial charge on any atom is 0.261 e. The molecule has 0 saturated carbocycles. The Morgan fingerprint density at radius 2 is 1.88 bits per heavy atom. The largest absolute Gasteiger partial charge is 0.493 e. The molecule has 2 aromatic carbocycles. The molecule has 3 heterocycles. The van der Waals surface area contributed by atoms with Crippen LogP contribution in [0.1, 0.15) is 22.0 Å². The molecule has 0 aliphatic carbocycles. The molecule has 0 fully saturated rings. The van der Waals surface area contributed by atoms with Gasteiger partial charge in [0.05, 0.1) is 37.5 Å². The molecule has 0 radical (unpaired) electrons. The lowest BCUT2D eigenvalue weighted by molar-refractivity contribution is 0.206. The zero-order valence-electron chi connectivity index (χ0n) is 18.2. The molecule has 5 rings (SSSR count). The maximum absolute atomic E-state index is 12.9.